The molecule has 3 N–H and O–H groups in total. The van der Waals surface area contributed by atoms with Crippen LogP contribution in [0.5, 0.6) is 5.75 Å². The van der Waals surface area contributed by atoms with Crippen molar-refractivity contribution in [1.82, 2.24) is 5.43 Å². The number of carbonyl (C=O) groups is 3. The lowest BCUT2D eigenvalue weighted by Gasteiger charge is -2.08. The lowest BCUT2D eigenvalue weighted by molar-refractivity contribution is -0.136. The fourth-order valence-corrected chi connectivity index (χ4v) is 3.26. The van der Waals surface area contributed by atoms with E-state index in [0.29, 0.717) is 22.7 Å². The number of hydrazone groups is 1. The Bertz CT molecular complexity index is 1410. The minimum absolute atomic E-state index is 0.229. The van der Waals surface area contributed by atoms with E-state index in [1.165, 1.54) is 30.5 Å². The second-order valence-electron chi connectivity index (χ2n) is 7.59. The number of hydrogen-bond acceptors (Lipinski definition) is 5. The maximum absolute atomic E-state index is 12.9. The third-order valence-corrected chi connectivity index (χ3v) is 5.00. The number of nitrogens with zero attached hydrogens (tertiary/aromatic N) is 1. The van der Waals surface area contributed by atoms with Gasteiger partial charge in [-0.25, -0.2) is 9.82 Å². The van der Waals surface area contributed by atoms with Gasteiger partial charge in [0.05, 0.1) is 6.21 Å². The van der Waals surface area contributed by atoms with E-state index < -0.39 is 23.5 Å². The Morgan fingerprint density at radius 3 is 2.31 bits per heavy atom. The number of carbonyl (C=O) groups excluding carboxylic acids is 3. The summed E-state index contributed by atoms with van der Waals surface area (Å²) < 4.78 is 18.3. The molecule has 4 aromatic rings. The van der Waals surface area contributed by atoms with Gasteiger partial charge in [-0.15, -0.1) is 0 Å². The Morgan fingerprint density at radius 2 is 1.53 bits per heavy atom. The van der Waals surface area contributed by atoms with Crippen LogP contribution in [0.15, 0.2) is 96.1 Å². The van der Waals surface area contributed by atoms with Crippen LogP contribution >= 0.6 is 0 Å². The highest BCUT2D eigenvalue weighted by atomic mass is 19.1. The number of halogens is 1. The molecule has 0 saturated heterocycles. The van der Waals surface area contributed by atoms with Crippen molar-refractivity contribution in [2.24, 2.45) is 5.10 Å². The van der Waals surface area contributed by atoms with Gasteiger partial charge in [0.2, 0.25) is 0 Å². The Balaban J connectivity index is 1.24. The maximum Gasteiger partial charge on any atom is 0.329 e. The number of hydrogen-bond donors (Lipinski definition) is 3. The van der Waals surface area contributed by atoms with Crippen molar-refractivity contribution in [3.63, 3.8) is 0 Å². The first-order valence-corrected chi connectivity index (χ1v) is 10.9. The first-order chi connectivity index (χ1) is 17.5. The smallest absolute Gasteiger partial charge is 0.329 e. The van der Waals surface area contributed by atoms with Gasteiger partial charge in [-0.2, -0.15) is 5.10 Å². The van der Waals surface area contributed by atoms with Gasteiger partial charge in [-0.1, -0.05) is 36.4 Å². The number of rotatable bonds is 7. The number of ether oxygens (including phenoxy) is 1. The Morgan fingerprint density at radius 1 is 0.806 bits per heavy atom. The topological polar surface area (TPSA) is 109 Å². The van der Waals surface area contributed by atoms with Crippen molar-refractivity contribution >= 4 is 46.1 Å². The summed E-state index contributed by atoms with van der Waals surface area (Å²) in [4.78, 5) is 36.3. The molecule has 0 saturated carbocycles. The van der Waals surface area contributed by atoms with Crippen molar-refractivity contribution in [3.8, 4) is 5.75 Å². The monoisotopic (exact) mass is 484 g/mol. The predicted octanol–water partition coefficient (Wildman–Crippen LogP) is 4.09. The summed E-state index contributed by atoms with van der Waals surface area (Å²) in [7, 11) is 0. The molecule has 0 aliphatic rings. The largest absolute Gasteiger partial charge is 0.484 e. The van der Waals surface area contributed by atoms with Gasteiger partial charge < -0.3 is 15.4 Å². The lowest BCUT2D eigenvalue weighted by Crippen LogP contribution is -2.32. The maximum atomic E-state index is 12.9. The normalized spacial score (nSPS) is 10.7. The van der Waals surface area contributed by atoms with Gasteiger partial charge >= 0.3 is 11.8 Å². The standard InChI is InChI=1S/C27H21FN4O4/c28-20-10-12-21(13-11-20)30-25(33)17-36-22-14-8-18(9-15-22)16-29-32-27(35)26(34)31-24-7-3-5-19-4-1-2-6-23(19)24/h1-16H,17H2,(H,30,33)(H,31,34)(H,32,35)/b29-16-. The van der Waals surface area contributed by atoms with E-state index in [2.05, 4.69) is 21.2 Å². The van der Waals surface area contributed by atoms with Crippen molar-refractivity contribution in [1.29, 1.82) is 0 Å². The van der Waals surface area contributed by atoms with Gasteiger partial charge in [0.1, 0.15) is 11.6 Å². The van der Waals surface area contributed by atoms with E-state index >= 15 is 0 Å². The molecule has 0 bridgehead atoms. The molecular weight excluding hydrogens is 463 g/mol. The van der Waals surface area contributed by atoms with Crippen LogP contribution in [0.4, 0.5) is 15.8 Å². The fraction of sp³-hybridized carbons (Fsp3) is 0.0370. The van der Waals surface area contributed by atoms with Crippen LogP contribution in [0.3, 0.4) is 0 Å². The summed E-state index contributed by atoms with van der Waals surface area (Å²) in [6.07, 6.45) is 1.37. The number of benzene rings is 4. The minimum atomic E-state index is -0.911. The SMILES string of the molecule is O=C(COc1ccc(/C=N\NC(=O)C(=O)Nc2cccc3ccccc23)cc1)Nc1ccc(F)cc1. The molecule has 0 aromatic heterocycles. The molecule has 8 nitrogen and oxygen atoms in total. The summed E-state index contributed by atoms with van der Waals surface area (Å²) >= 11 is 0. The van der Waals surface area contributed by atoms with E-state index in [9.17, 15) is 18.8 Å². The summed E-state index contributed by atoms with van der Waals surface area (Å²) in [6, 6.07) is 24.9. The van der Waals surface area contributed by atoms with Crippen molar-refractivity contribution in [2.75, 3.05) is 17.2 Å². The van der Waals surface area contributed by atoms with Crippen molar-refractivity contribution < 1.29 is 23.5 Å². The first kappa shape index (κ1) is 24.1. The second-order valence-corrected chi connectivity index (χ2v) is 7.59. The van der Waals surface area contributed by atoms with E-state index in [1.807, 2.05) is 30.3 Å². The Labute approximate surface area is 205 Å². The molecule has 0 fully saturated rings. The van der Waals surface area contributed by atoms with Crippen LogP contribution in [-0.2, 0) is 14.4 Å². The van der Waals surface area contributed by atoms with E-state index in [-0.39, 0.29) is 6.61 Å². The second kappa shape index (κ2) is 11.4. The fourth-order valence-electron chi connectivity index (χ4n) is 3.26. The average Bonchev–Trinajstić information content (AvgIpc) is 2.89. The van der Waals surface area contributed by atoms with Crippen LogP contribution in [0, 0.1) is 5.82 Å². The van der Waals surface area contributed by atoms with Gasteiger partial charge in [-0.05, 0) is 65.5 Å². The molecule has 36 heavy (non-hydrogen) atoms. The van der Waals surface area contributed by atoms with Gasteiger partial charge in [0.25, 0.3) is 5.91 Å². The number of amides is 3. The lowest BCUT2D eigenvalue weighted by atomic mass is 10.1. The zero-order valence-electron chi connectivity index (χ0n) is 18.9. The van der Waals surface area contributed by atoms with Crippen LogP contribution in [-0.4, -0.2) is 30.5 Å². The summed E-state index contributed by atoms with van der Waals surface area (Å²) in [6.45, 7) is -0.229. The Hall–Kier alpha value is -5.05. The molecule has 3 amide bonds. The minimum Gasteiger partial charge on any atom is -0.484 e. The van der Waals surface area contributed by atoms with Crippen LogP contribution in [0.2, 0.25) is 0 Å². The van der Waals surface area contributed by atoms with Crippen molar-refractivity contribution in [2.45, 2.75) is 0 Å². The molecule has 0 unspecified atom stereocenters. The molecular formula is C27H21FN4O4. The zero-order valence-corrected chi connectivity index (χ0v) is 18.9. The molecule has 0 aliphatic heterocycles. The van der Waals surface area contributed by atoms with Crippen LogP contribution < -0.4 is 20.8 Å². The summed E-state index contributed by atoms with van der Waals surface area (Å²) in [5.74, 6) is -2.09. The van der Waals surface area contributed by atoms with Gasteiger partial charge in [0.15, 0.2) is 6.61 Å². The number of nitrogens with one attached hydrogen (secondary N) is 3. The molecule has 0 heterocycles. The molecule has 9 heteroatoms. The van der Waals surface area contributed by atoms with E-state index in [0.717, 1.165) is 10.8 Å². The molecule has 4 aromatic carbocycles. The first-order valence-electron chi connectivity index (χ1n) is 10.9. The third-order valence-electron chi connectivity index (χ3n) is 5.00. The molecule has 180 valence electrons. The average molecular weight is 484 g/mol. The van der Waals surface area contributed by atoms with Gasteiger partial charge in [0, 0.05) is 16.8 Å². The molecule has 0 radical (unpaired) electrons. The number of anilines is 2. The third kappa shape index (κ3) is 6.51. The van der Waals surface area contributed by atoms with Crippen LogP contribution in [0.1, 0.15) is 5.56 Å². The highest BCUT2D eigenvalue weighted by Crippen LogP contribution is 2.22. The molecule has 4 rings (SSSR count). The van der Waals surface area contributed by atoms with E-state index in [4.69, 9.17) is 4.74 Å². The summed E-state index contributed by atoms with van der Waals surface area (Å²) in [5.41, 5.74) is 3.81. The summed E-state index contributed by atoms with van der Waals surface area (Å²) in [5, 5.41) is 10.8. The van der Waals surface area contributed by atoms with Gasteiger partial charge in [-0.3, -0.25) is 14.4 Å². The van der Waals surface area contributed by atoms with Crippen LogP contribution in [0.25, 0.3) is 10.8 Å². The molecule has 0 aliphatic carbocycles. The van der Waals surface area contributed by atoms with E-state index in [1.54, 1.807) is 36.4 Å². The number of fused-ring (bicyclic) bond motifs is 1. The molecule has 0 spiro atoms. The van der Waals surface area contributed by atoms with Crippen molar-refractivity contribution in [3.05, 3.63) is 102 Å². The molecule has 0 atom stereocenters. The quantitative estimate of drug-likeness (QED) is 0.209. The predicted molar refractivity (Wildman–Crippen MR) is 135 cm³/mol. The highest BCUT2D eigenvalue weighted by Gasteiger charge is 2.14. The Kier molecular flexibility index (Phi) is 7.62. The highest BCUT2D eigenvalue weighted by molar-refractivity contribution is 6.40. The zero-order chi connectivity index (χ0) is 25.3.